The van der Waals surface area contributed by atoms with Crippen molar-refractivity contribution in [2.75, 3.05) is 18.5 Å². The molecule has 0 radical (unpaired) electrons. The highest BCUT2D eigenvalue weighted by Crippen LogP contribution is 2.37. The smallest absolute Gasteiger partial charge is 0.248 e. The summed E-state index contributed by atoms with van der Waals surface area (Å²) in [5.74, 6) is -0.404. The maximum Gasteiger partial charge on any atom is 0.248 e. The Morgan fingerprint density at radius 3 is 2.85 bits per heavy atom. The SMILES string of the molecule is C=CN=CC(=C)CCC(=O)Nc1sc2c(c1CN)CCN(C(=O)CO)C2. The van der Waals surface area contributed by atoms with Gasteiger partial charge >= 0.3 is 0 Å². The van der Waals surface area contributed by atoms with E-state index in [1.54, 1.807) is 11.1 Å². The number of thiophene rings is 1. The van der Waals surface area contributed by atoms with Crippen molar-refractivity contribution < 1.29 is 14.7 Å². The standard InChI is InChI=1S/C18H24N4O3S/c1-3-20-9-12(2)4-5-16(24)21-18-14(8-19)13-6-7-22(17(25)11-23)10-15(13)26-18/h3,9,23H,1-2,4-8,10-11,19H2,(H,21,24). The van der Waals surface area contributed by atoms with Gasteiger partial charge in [-0.25, -0.2) is 0 Å². The Kier molecular flexibility index (Phi) is 7.26. The highest BCUT2D eigenvalue weighted by molar-refractivity contribution is 7.16. The fraction of sp³-hybridized carbons (Fsp3) is 0.389. The average molecular weight is 376 g/mol. The average Bonchev–Trinajstić information content (AvgIpc) is 2.99. The van der Waals surface area contributed by atoms with E-state index in [1.807, 2.05) is 0 Å². The number of hydrogen-bond acceptors (Lipinski definition) is 6. The molecule has 2 heterocycles. The van der Waals surface area contributed by atoms with E-state index in [1.165, 1.54) is 17.5 Å². The number of anilines is 1. The van der Waals surface area contributed by atoms with Crippen molar-refractivity contribution in [1.29, 1.82) is 0 Å². The van der Waals surface area contributed by atoms with Crippen molar-refractivity contribution in [3.8, 4) is 0 Å². The lowest BCUT2D eigenvalue weighted by Crippen LogP contribution is -2.37. The molecule has 0 aliphatic carbocycles. The molecule has 2 amide bonds. The third-order valence-electron chi connectivity index (χ3n) is 4.15. The number of fused-ring (bicyclic) bond motifs is 1. The first-order valence-electron chi connectivity index (χ1n) is 8.34. The highest BCUT2D eigenvalue weighted by Gasteiger charge is 2.26. The van der Waals surface area contributed by atoms with Crippen molar-refractivity contribution in [2.24, 2.45) is 10.7 Å². The van der Waals surface area contributed by atoms with Crippen LogP contribution < -0.4 is 11.1 Å². The summed E-state index contributed by atoms with van der Waals surface area (Å²) in [4.78, 5) is 30.4. The van der Waals surface area contributed by atoms with E-state index in [0.29, 0.717) is 38.9 Å². The van der Waals surface area contributed by atoms with Crippen LogP contribution in [0.25, 0.3) is 0 Å². The van der Waals surface area contributed by atoms with Crippen LogP contribution in [0.2, 0.25) is 0 Å². The second kappa shape index (κ2) is 9.42. The van der Waals surface area contributed by atoms with Gasteiger partial charge in [-0.1, -0.05) is 13.2 Å². The Labute approximate surface area is 156 Å². The molecule has 0 saturated heterocycles. The largest absolute Gasteiger partial charge is 0.387 e. The predicted octanol–water partition coefficient (Wildman–Crippen LogP) is 1.57. The Bertz CT molecular complexity index is 739. The summed E-state index contributed by atoms with van der Waals surface area (Å²) >= 11 is 1.45. The summed E-state index contributed by atoms with van der Waals surface area (Å²) in [6.07, 6.45) is 4.48. The lowest BCUT2D eigenvalue weighted by molar-refractivity contribution is -0.135. The summed E-state index contributed by atoms with van der Waals surface area (Å²) < 4.78 is 0. The van der Waals surface area contributed by atoms with Gasteiger partial charge in [0.05, 0.1) is 11.5 Å². The van der Waals surface area contributed by atoms with Crippen molar-refractivity contribution in [2.45, 2.75) is 32.4 Å². The number of aliphatic hydroxyl groups is 1. The molecule has 0 fully saturated rings. The van der Waals surface area contributed by atoms with Crippen molar-refractivity contribution in [1.82, 2.24) is 4.90 Å². The van der Waals surface area contributed by atoms with Crippen LogP contribution in [0.1, 0.15) is 28.8 Å². The summed E-state index contributed by atoms with van der Waals surface area (Å²) in [6, 6.07) is 0. The van der Waals surface area contributed by atoms with E-state index in [0.717, 1.165) is 26.6 Å². The predicted molar refractivity (Wildman–Crippen MR) is 104 cm³/mol. The Hall–Kier alpha value is -2.29. The van der Waals surface area contributed by atoms with Crippen LogP contribution in [0.5, 0.6) is 0 Å². The molecule has 1 aliphatic heterocycles. The molecule has 1 aliphatic rings. The zero-order chi connectivity index (χ0) is 19.1. The molecule has 0 bridgehead atoms. The van der Waals surface area contributed by atoms with E-state index in [-0.39, 0.29) is 11.8 Å². The molecule has 26 heavy (non-hydrogen) atoms. The van der Waals surface area contributed by atoms with Gasteiger partial charge in [0.15, 0.2) is 0 Å². The number of aliphatic hydroxyl groups excluding tert-OH is 1. The zero-order valence-corrected chi connectivity index (χ0v) is 15.5. The van der Waals surface area contributed by atoms with Crippen LogP contribution in [0.4, 0.5) is 5.00 Å². The van der Waals surface area contributed by atoms with Crippen LogP contribution in [0.3, 0.4) is 0 Å². The monoisotopic (exact) mass is 376 g/mol. The van der Waals surface area contributed by atoms with E-state index in [2.05, 4.69) is 23.5 Å². The molecule has 0 saturated carbocycles. The van der Waals surface area contributed by atoms with Crippen molar-refractivity contribution in [3.05, 3.63) is 40.9 Å². The lowest BCUT2D eigenvalue weighted by atomic mass is 10.0. The van der Waals surface area contributed by atoms with E-state index in [9.17, 15) is 9.59 Å². The number of amides is 2. The molecule has 1 aromatic rings. The summed E-state index contributed by atoms with van der Waals surface area (Å²) in [5.41, 5.74) is 8.68. The molecule has 0 atom stereocenters. The van der Waals surface area contributed by atoms with Crippen LogP contribution in [-0.2, 0) is 29.1 Å². The van der Waals surface area contributed by atoms with Crippen LogP contribution in [0.15, 0.2) is 29.9 Å². The van der Waals surface area contributed by atoms with Gasteiger partial charge in [0.1, 0.15) is 6.61 Å². The molecule has 0 unspecified atom stereocenters. The minimum Gasteiger partial charge on any atom is -0.387 e. The number of nitrogens with two attached hydrogens (primary N) is 1. The summed E-state index contributed by atoms with van der Waals surface area (Å²) in [5, 5.41) is 12.7. The van der Waals surface area contributed by atoms with Crippen molar-refractivity contribution in [3.63, 3.8) is 0 Å². The highest BCUT2D eigenvalue weighted by atomic mass is 32.1. The molecule has 1 aromatic heterocycles. The number of nitrogens with one attached hydrogen (secondary N) is 1. The normalized spacial score (nSPS) is 13.5. The molecule has 2 rings (SSSR count). The molecule has 7 nitrogen and oxygen atoms in total. The first kappa shape index (κ1) is 20.0. The van der Waals surface area contributed by atoms with Gasteiger partial charge in [-0.3, -0.25) is 14.6 Å². The van der Waals surface area contributed by atoms with Gasteiger partial charge in [-0.2, -0.15) is 0 Å². The quantitative estimate of drug-likeness (QED) is 0.599. The van der Waals surface area contributed by atoms with Crippen molar-refractivity contribution >= 4 is 34.4 Å². The fourth-order valence-corrected chi connectivity index (χ4v) is 4.09. The number of aliphatic imine (C=N–C) groups is 1. The number of hydrogen-bond donors (Lipinski definition) is 3. The maximum atomic E-state index is 12.2. The molecule has 8 heteroatoms. The van der Waals surface area contributed by atoms with Gasteiger partial charge in [0.2, 0.25) is 11.8 Å². The van der Waals surface area contributed by atoms with Crippen LogP contribution >= 0.6 is 11.3 Å². The number of carbonyl (C=O) groups is 2. The minimum atomic E-state index is -0.493. The van der Waals surface area contributed by atoms with Crippen LogP contribution in [-0.4, -0.2) is 41.2 Å². The van der Waals surface area contributed by atoms with E-state index >= 15 is 0 Å². The van der Waals surface area contributed by atoms with Gasteiger partial charge in [0, 0.05) is 42.4 Å². The van der Waals surface area contributed by atoms with Gasteiger partial charge < -0.3 is 21.1 Å². The number of carbonyl (C=O) groups excluding carboxylic acids is 2. The van der Waals surface area contributed by atoms with Gasteiger partial charge in [0.25, 0.3) is 0 Å². The summed E-state index contributed by atoms with van der Waals surface area (Å²) in [7, 11) is 0. The number of nitrogens with zero attached hydrogens (tertiary/aromatic N) is 2. The Balaban J connectivity index is 2.04. The Morgan fingerprint density at radius 1 is 1.42 bits per heavy atom. The maximum absolute atomic E-state index is 12.2. The lowest BCUT2D eigenvalue weighted by Gasteiger charge is -2.26. The van der Waals surface area contributed by atoms with E-state index in [4.69, 9.17) is 10.8 Å². The fourth-order valence-electron chi connectivity index (χ4n) is 2.78. The van der Waals surface area contributed by atoms with Crippen LogP contribution in [0, 0.1) is 0 Å². The third kappa shape index (κ3) is 4.87. The second-order valence-corrected chi connectivity index (χ2v) is 7.01. The minimum absolute atomic E-state index is 0.116. The number of rotatable bonds is 8. The molecule has 0 spiro atoms. The molecule has 0 aromatic carbocycles. The molecule has 4 N–H and O–H groups in total. The van der Waals surface area contributed by atoms with Gasteiger partial charge in [-0.15, -0.1) is 11.3 Å². The first-order chi connectivity index (χ1) is 12.5. The first-order valence-corrected chi connectivity index (χ1v) is 9.15. The topological polar surface area (TPSA) is 108 Å². The third-order valence-corrected chi connectivity index (χ3v) is 5.32. The van der Waals surface area contributed by atoms with Gasteiger partial charge in [-0.05, 0) is 24.0 Å². The Morgan fingerprint density at radius 2 is 2.19 bits per heavy atom. The zero-order valence-electron chi connectivity index (χ0n) is 14.7. The van der Waals surface area contributed by atoms with E-state index < -0.39 is 6.61 Å². The molecular weight excluding hydrogens is 352 g/mol. The second-order valence-electron chi connectivity index (χ2n) is 5.91. The molecular formula is C18H24N4O3S. The summed E-state index contributed by atoms with van der Waals surface area (Å²) in [6.45, 7) is 8.15. The number of allylic oxidation sites excluding steroid dienone is 1. The molecule has 140 valence electrons.